The molecule has 1 aromatic rings. The SMILES string of the molecule is CCOC(=O)NCc1cc(N(C)C)c2c(c1O)C(=O)C1=C(O)C3(O)C(=O)C(C(N)=O)=C(O)C(N(C)C)C3CC1C2. The number of amides is 2. The van der Waals surface area contributed by atoms with Crippen LogP contribution in [0.1, 0.15) is 34.8 Å². The smallest absolute Gasteiger partial charge is 0.407 e. The number of alkyl carbamates (subject to hydrolysis) is 1. The summed E-state index contributed by atoms with van der Waals surface area (Å²) < 4.78 is 4.86. The number of aliphatic hydroxyl groups is 3. The van der Waals surface area contributed by atoms with E-state index in [1.54, 1.807) is 46.1 Å². The van der Waals surface area contributed by atoms with Crippen LogP contribution >= 0.6 is 0 Å². The van der Waals surface area contributed by atoms with Crippen LogP contribution in [0.2, 0.25) is 0 Å². The minimum Gasteiger partial charge on any atom is -0.510 e. The van der Waals surface area contributed by atoms with Gasteiger partial charge in [0.25, 0.3) is 5.91 Å². The molecule has 0 bridgehead atoms. The van der Waals surface area contributed by atoms with Gasteiger partial charge >= 0.3 is 6.09 Å². The molecule has 4 rings (SSSR count). The van der Waals surface area contributed by atoms with Gasteiger partial charge in [-0.25, -0.2) is 4.79 Å². The second-order valence-corrected chi connectivity index (χ2v) is 10.7. The molecule has 0 spiro atoms. The number of allylic oxidation sites excluding steroid dienone is 1. The molecule has 3 aliphatic rings. The van der Waals surface area contributed by atoms with E-state index in [4.69, 9.17) is 10.5 Å². The standard InChI is InChI=1S/C27H34N4O9/c1-6-40-26(38)29-10-12-9-15(30(2)3)13-7-11-8-14-19(31(4)5)22(34)18(25(28)37)24(36)27(14,39)23(35)16(11)21(33)17(13)20(12)32/h9,11,14,19,32,34-35,39H,6-8,10H2,1-5H3,(H2,28,37)(H,29,38). The second-order valence-electron chi connectivity index (χ2n) is 10.7. The highest BCUT2D eigenvalue weighted by molar-refractivity contribution is 6.25. The molecule has 4 unspecified atom stereocenters. The van der Waals surface area contributed by atoms with Crippen LogP contribution in [0, 0.1) is 11.8 Å². The first kappa shape index (κ1) is 28.9. The van der Waals surface area contributed by atoms with Gasteiger partial charge in [-0.05, 0) is 51.4 Å². The number of carbonyl (C=O) groups is 4. The number of Topliss-reactive ketones (excluding diaryl/α,β-unsaturated/α-hetero) is 2. The van der Waals surface area contributed by atoms with Gasteiger partial charge in [-0.2, -0.15) is 0 Å². The quantitative estimate of drug-likeness (QED) is 0.264. The molecule has 0 aromatic heterocycles. The Kier molecular flexibility index (Phi) is 7.32. The van der Waals surface area contributed by atoms with E-state index in [-0.39, 0.29) is 42.7 Å². The van der Waals surface area contributed by atoms with Crippen LogP contribution in [0.25, 0.3) is 0 Å². The minimum absolute atomic E-state index is 0.00838. The van der Waals surface area contributed by atoms with E-state index in [0.29, 0.717) is 11.3 Å². The average Bonchev–Trinajstić information content (AvgIpc) is 2.85. The van der Waals surface area contributed by atoms with Crippen molar-refractivity contribution in [3.63, 3.8) is 0 Å². The number of nitrogens with zero attached hydrogens (tertiary/aromatic N) is 2. The molecule has 40 heavy (non-hydrogen) atoms. The zero-order valence-corrected chi connectivity index (χ0v) is 22.9. The number of nitrogens with two attached hydrogens (primary N) is 1. The summed E-state index contributed by atoms with van der Waals surface area (Å²) in [5, 5.41) is 47.7. The van der Waals surface area contributed by atoms with Crippen molar-refractivity contribution >= 4 is 29.3 Å². The summed E-state index contributed by atoms with van der Waals surface area (Å²) in [7, 11) is 6.64. The van der Waals surface area contributed by atoms with E-state index in [1.165, 1.54) is 4.90 Å². The summed E-state index contributed by atoms with van der Waals surface area (Å²) in [5.74, 6) is -7.17. The Hall–Kier alpha value is -4.10. The maximum Gasteiger partial charge on any atom is 0.407 e. The van der Waals surface area contributed by atoms with Gasteiger partial charge in [0.05, 0.1) is 18.2 Å². The molecule has 2 amide bonds. The Labute approximate surface area is 230 Å². The average molecular weight is 559 g/mol. The molecular formula is C27H34N4O9. The summed E-state index contributed by atoms with van der Waals surface area (Å²) in [6, 6.07) is 0.574. The molecule has 7 N–H and O–H groups in total. The number of fused-ring (bicyclic) bond motifs is 3. The van der Waals surface area contributed by atoms with Gasteiger partial charge in [-0.3, -0.25) is 19.3 Å². The van der Waals surface area contributed by atoms with Gasteiger partial charge in [-0.1, -0.05) is 0 Å². The van der Waals surface area contributed by atoms with E-state index in [9.17, 15) is 39.6 Å². The molecule has 13 nitrogen and oxygen atoms in total. The highest BCUT2D eigenvalue weighted by Crippen LogP contribution is 2.53. The Bertz CT molecular complexity index is 1380. The second kappa shape index (κ2) is 10.1. The number of likely N-dealkylation sites (N-methyl/N-ethyl adjacent to an activating group) is 1. The fraction of sp³-hybridized carbons (Fsp3) is 0.481. The molecule has 0 saturated carbocycles. The van der Waals surface area contributed by atoms with Crippen LogP contribution in [0.5, 0.6) is 5.75 Å². The highest BCUT2D eigenvalue weighted by atomic mass is 16.5. The zero-order valence-electron chi connectivity index (χ0n) is 22.9. The van der Waals surface area contributed by atoms with E-state index in [1.807, 2.05) is 0 Å². The first-order chi connectivity index (χ1) is 18.7. The van der Waals surface area contributed by atoms with Gasteiger partial charge < -0.3 is 41.1 Å². The fourth-order valence-corrected chi connectivity index (χ4v) is 6.24. The number of phenols is 1. The van der Waals surface area contributed by atoms with Crippen LogP contribution in [-0.4, -0.2) is 95.3 Å². The fourth-order valence-electron chi connectivity index (χ4n) is 6.24. The maximum absolute atomic E-state index is 14.0. The lowest BCUT2D eigenvalue weighted by molar-refractivity contribution is -0.148. The number of hydrogen-bond acceptors (Lipinski definition) is 11. The van der Waals surface area contributed by atoms with E-state index < -0.39 is 69.9 Å². The van der Waals surface area contributed by atoms with Gasteiger partial charge in [0.2, 0.25) is 5.78 Å². The zero-order chi connectivity index (χ0) is 29.8. The Morgan fingerprint density at radius 2 is 1.82 bits per heavy atom. The predicted octanol–water partition coefficient (Wildman–Crippen LogP) is 0.433. The van der Waals surface area contributed by atoms with Crippen molar-refractivity contribution in [1.29, 1.82) is 0 Å². The van der Waals surface area contributed by atoms with Crippen LogP contribution in [0.15, 0.2) is 28.7 Å². The highest BCUT2D eigenvalue weighted by Gasteiger charge is 2.63. The third-order valence-electron chi connectivity index (χ3n) is 7.96. The van der Waals surface area contributed by atoms with Gasteiger partial charge in [0.15, 0.2) is 11.4 Å². The van der Waals surface area contributed by atoms with Crippen LogP contribution < -0.4 is 16.0 Å². The maximum atomic E-state index is 14.0. The number of aromatic hydroxyl groups is 1. The summed E-state index contributed by atoms with van der Waals surface area (Å²) in [6.07, 6.45) is -0.571. The van der Waals surface area contributed by atoms with Crippen molar-refractivity contribution in [3.8, 4) is 5.75 Å². The summed E-state index contributed by atoms with van der Waals surface area (Å²) in [5.41, 5.74) is 2.68. The van der Waals surface area contributed by atoms with Gasteiger partial charge in [-0.15, -0.1) is 0 Å². The van der Waals surface area contributed by atoms with Crippen molar-refractivity contribution in [2.24, 2.45) is 17.6 Å². The number of rotatable bonds is 6. The lowest BCUT2D eigenvalue weighted by Crippen LogP contribution is -2.63. The normalized spacial score (nSPS) is 25.8. The third kappa shape index (κ3) is 4.16. The molecule has 0 heterocycles. The van der Waals surface area contributed by atoms with Crippen molar-refractivity contribution < 1.29 is 44.3 Å². The number of nitrogens with one attached hydrogen (secondary N) is 1. The molecule has 216 valence electrons. The van der Waals surface area contributed by atoms with Crippen LogP contribution in [0.4, 0.5) is 10.5 Å². The largest absolute Gasteiger partial charge is 0.510 e. The van der Waals surface area contributed by atoms with E-state index in [2.05, 4.69) is 5.32 Å². The molecule has 0 aliphatic heterocycles. The predicted molar refractivity (Wildman–Crippen MR) is 142 cm³/mol. The number of phenolic OH excluding ortho intramolecular Hbond substituents is 1. The lowest BCUT2D eigenvalue weighted by atomic mass is 9.58. The number of aliphatic hydroxyl groups excluding tert-OH is 2. The minimum atomic E-state index is -2.71. The van der Waals surface area contributed by atoms with Crippen molar-refractivity contribution in [3.05, 3.63) is 45.4 Å². The first-order valence-electron chi connectivity index (χ1n) is 12.8. The summed E-state index contributed by atoms with van der Waals surface area (Å²) in [4.78, 5) is 54.6. The van der Waals surface area contributed by atoms with E-state index in [0.717, 1.165) is 0 Å². The van der Waals surface area contributed by atoms with Crippen molar-refractivity contribution in [2.45, 2.75) is 38.0 Å². The van der Waals surface area contributed by atoms with Gasteiger partial charge in [0.1, 0.15) is 22.8 Å². The lowest BCUT2D eigenvalue weighted by Gasteiger charge is -2.50. The number of anilines is 1. The molecule has 0 fully saturated rings. The third-order valence-corrected chi connectivity index (χ3v) is 7.96. The summed E-state index contributed by atoms with van der Waals surface area (Å²) in [6.45, 7) is 1.61. The van der Waals surface area contributed by atoms with Crippen molar-refractivity contribution in [2.75, 3.05) is 39.7 Å². The number of hydrogen-bond donors (Lipinski definition) is 6. The Morgan fingerprint density at radius 1 is 1.18 bits per heavy atom. The van der Waals surface area contributed by atoms with Crippen LogP contribution in [-0.2, 0) is 27.3 Å². The Morgan fingerprint density at radius 3 is 2.38 bits per heavy atom. The number of ether oxygens (including phenoxy) is 1. The molecule has 3 aliphatic carbocycles. The van der Waals surface area contributed by atoms with Gasteiger partial charge in [0, 0.05) is 43.4 Å². The van der Waals surface area contributed by atoms with Crippen LogP contribution in [0.3, 0.4) is 0 Å². The monoisotopic (exact) mass is 558 g/mol. The molecule has 0 radical (unpaired) electrons. The summed E-state index contributed by atoms with van der Waals surface area (Å²) >= 11 is 0. The first-order valence-corrected chi connectivity index (χ1v) is 12.8. The number of ketones is 2. The number of carbonyl (C=O) groups excluding carboxylic acids is 4. The molecule has 1 aromatic carbocycles. The van der Waals surface area contributed by atoms with E-state index >= 15 is 0 Å². The molecule has 4 atom stereocenters. The topological polar surface area (TPSA) is 203 Å². The Balaban J connectivity index is 1.90. The molecular weight excluding hydrogens is 524 g/mol. The van der Waals surface area contributed by atoms with Crippen molar-refractivity contribution in [1.82, 2.24) is 10.2 Å². The molecule has 0 saturated heterocycles. The number of primary amides is 1. The number of benzene rings is 1. The molecule has 13 heteroatoms.